The van der Waals surface area contributed by atoms with Gasteiger partial charge in [0.05, 0.1) is 0 Å². The van der Waals surface area contributed by atoms with Crippen molar-refractivity contribution in [3.05, 3.63) is 54.1 Å². The van der Waals surface area contributed by atoms with Crippen LogP contribution in [0.4, 0.5) is 0 Å². The van der Waals surface area contributed by atoms with Crippen LogP contribution >= 0.6 is 0 Å². The van der Waals surface area contributed by atoms with E-state index in [-0.39, 0.29) is 18.4 Å². The number of hydrogen-bond donors (Lipinski definition) is 2. The number of aliphatic carboxylic acids is 1. The number of unbranched alkanes of at least 4 members (excludes halogenated alkanes) is 1. The summed E-state index contributed by atoms with van der Waals surface area (Å²) >= 11 is 0. The number of aromatic amines is 1. The van der Waals surface area contributed by atoms with Gasteiger partial charge in [-0.3, -0.25) is 4.79 Å². The average Bonchev–Trinajstić information content (AvgIpc) is 3.32. The minimum atomic E-state index is -0.979. The number of H-pyrrole nitrogens is 1. The van der Waals surface area contributed by atoms with Crippen LogP contribution in [0, 0.1) is 5.92 Å². The molecule has 168 valence electrons. The highest BCUT2D eigenvalue weighted by molar-refractivity contribution is 5.84. The number of aromatic nitrogens is 5. The maximum atomic E-state index is 12.9. The molecular formula is C23H29N6O3+. The van der Waals surface area contributed by atoms with Crippen molar-refractivity contribution in [1.29, 1.82) is 0 Å². The summed E-state index contributed by atoms with van der Waals surface area (Å²) < 4.78 is 0. The van der Waals surface area contributed by atoms with Crippen molar-refractivity contribution in [3.8, 4) is 16.8 Å². The van der Waals surface area contributed by atoms with Gasteiger partial charge < -0.3 is 10.0 Å². The van der Waals surface area contributed by atoms with E-state index in [9.17, 15) is 14.7 Å². The van der Waals surface area contributed by atoms with Crippen LogP contribution in [0.25, 0.3) is 16.8 Å². The van der Waals surface area contributed by atoms with Crippen LogP contribution in [0.2, 0.25) is 0 Å². The van der Waals surface area contributed by atoms with Gasteiger partial charge in [0.25, 0.3) is 0 Å². The molecule has 0 radical (unpaired) electrons. The summed E-state index contributed by atoms with van der Waals surface area (Å²) in [4.78, 5) is 27.8. The SMILES string of the molecule is CCCCC(=O)N(Cc1ccc(-c2ccccc2-[n+]2nnn[nH]2)cc1)[C@H](C(=O)O)C(C)C. The molecule has 0 aliphatic heterocycles. The molecule has 32 heavy (non-hydrogen) atoms. The molecule has 0 saturated carbocycles. The van der Waals surface area contributed by atoms with Crippen LogP contribution in [-0.2, 0) is 16.1 Å². The predicted molar refractivity (Wildman–Crippen MR) is 117 cm³/mol. The van der Waals surface area contributed by atoms with Crippen LogP contribution in [0.5, 0.6) is 0 Å². The van der Waals surface area contributed by atoms with E-state index >= 15 is 0 Å². The monoisotopic (exact) mass is 437 g/mol. The lowest BCUT2D eigenvalue weighted by molar-refractivity contribution is -0.719. The van der Waals surface area contributed by atoms with E-state index in [1.54, 1.807) is 0 Å². The Morgan fingerprint density at radius 2 is 1.84 bits per heavy atom. The molecule has 0 saturated heterocycles. The van der Waals surface area contributed by atoms with Crippen LogP contribution in [0.15, 0.2) is 48.5 Å². The lowest BCUT2D eigenvalue weighted by Gasteiger charge is -2.32. The van der Waals surface area contributed by atoms with E-state index < -0.39 is 12.0 Å². The Labute approximate surface area is 187 Å². The second kappa shape index (κ2) is 10.6. The first-order valence-electron chi connectivity index (χ1n) is 10.8. The molecule has 1 aromatic heterocycles. The second-order valence-corrected chi connectivity index (χ2v) is 8.06. The number of carbonyl (C=O) groups is 2. The Morgan fingerprint density at radius 1 is 1.12 bits per heavy atom. The van der Waals surface area contributed by atoms with Crippen molar-refractivity contribution >= 4 is 11.9 Å². The number of rotatable bonds is 10. The molecule has 0 fully saturated rings. The van der Waals surface area contributed by atoms with Crippen molar-refractivity contribution in [1.82, 2.24) is 25.8 Å². The highest BCUT2D eigenvalue weighted by atomic mass is 16.4. The number of benzene rings is 2. The number of carbonyl (C=O) groups excluding carboxylic acids is 1. The number of amides is 1. The zero-order valence-electron chi connectivity index (χ0n) is 18.6. The number of nitrogens with zero attached hydrogens (tertiary/aromatic N) is 5. The number of para-hydroxylation sites is 1. The van der Waals surface area contributed by atoms with Crippen LogP contribution < -0.4 is 4.80 Å². The number of carboxylic acid groups (broad SMARTS) is 1. The first kappa shape index (κ1) is 23.1. The third kappa shape index (κ3) is 5.35. The van der Waals surface area contributed by atoms with Crippen LogP contribution in [0.3, 0.4) is 0 Å². The zero-order chi connectivity index (χ0) is 23.1. The summed E-state index contributed by atoms with van der Waals surface area (Å²) in [5.74, 6) is -1.30. The summed E-state index contributed by atoms with van der Waals surface area (Å²) in [6.07, 6.45) is 1.97. The minimum absolute atomic E-state index is 0.128. The molecule has 0 aliphatic rings. The van der Waals surface area contributed by atoms with Gasteiger partial charge in [-0.05, 0) is 39.5 Å². The van der Waals surface area contributed by atoms with Gasteiger partial charge in [0, 0.05) is 18.5 Å². The summed E-state index contributed by atoms with van der Waals surface area (Å²) in [5.41, 5.74) is 3.56. The van der Waals surface area contributed by atoms with E-state index in [0.717, 1.165) is 35.2 Å². The third-order valence-corrected chi connectivity index (χ3v) is 5.35. The van der Waals surface area contributed by atoms with Gasteiger partial charge in [0.1, 0.15) is 11.3 Å². The van der Waals surface area contributed by atoms with Crippen LogP contribution in [-0.4, -0.2) is 48.8 Å². The number of carboxylic acids is 1. The molecule has 2 aromatic carbocycles. The molecule has 3 rings (SSSR count). The largest absolute Gasteiger partial charge is 0.480 e. The third-order valence-electron chi connectivity index (χ3n) is 5.35. The summed E-state index contributed by atoms with van der Waals surface area (Å²) in [6.45, 7) is 5.92. The topological polar surface area (TPSA) is 116 Å². The molecule has 1 atom stereocenters. The van der Waals surface area contributed by atoms with E-state index in [2.05, 4.69) is 20.9 Å². The molecule has 1 amide bonds. The van der Waals surface area contributed by atoms with Gasteiger partial charge in [0.2, 0.25) is 16.3 Å². The molecule has 1 heterocycles. The van der Waals surface area contributed by atoms with Crippen molar-refractivity contribution in [2.24, 2.45) is 5.92 Å². The standard InChI is InChI=1S/C23H28N6O3/c1-4-5-10-21(30)28(22(16(2)3)23(31)32)15-17-11-13-18(14-12-17)19-8-6-7-9-20(19)29-26-24-25-27-29/h6-9,11-14,16,22H,4-5,10,15H2,1-3H3,(H,31,32)/p+1/t22-/m0/s1. The molecule has 9 nitrogen and oxygen atoms in total. The van der Waals surface area contributed by atoms with Gasteiger partial charge in [-0.25, -0.2) is 4.79 Å². The van der Waals surface area contributed by atoms with Crippen molar-refractivity contribution in [3.63, 3.8) is 0 Å². The Balaban J connectivity index is 1.87. The van der Waals surface area contributed by atoms with Gasteiger partial charge in [-0.2, -0.15) is 0 Å². The average molecular weight is 438 g/mol. The fourth-order valence-electron chi connectivity index (χ4n) is 3.72. The normalized spacial score (nSPS) is 12.0. The highest BCUT2D eigenvalue weighted by Crippen LogP contribution is 2.25. The van der Waals surface area contributed by atoms with Gasteiger partial charge in [-0.1, -0.05) is 69.7 Å². The van der Waals surface area contributed by atoms with Crippen molar-refractivity contribution in [2.75, 3.05) is 0 Å². The Kier molecular flexibility index (Phi) is 7.64. The van der Waals surface area contributed by atoms with Crippen molar-refractivity contribution < 1.29 is 19.5 Å². The molecule has 3 aromatic rings. The fourth-order valence-corrected chi connectivity index (χ4v) is 3.72. The van der Waals surface area contributed by atoms with Gasteiger partial charge in [0.15, 0.2) is 5.69 Å². The quantitative estimate of drug-likeness (QED) is 0.471. The van der Waals surface area contributed by atoms with E-state index in [0.29, 0.717) is 6.42 Å². The van der Waals surface area contributed by atoms with E-state index in [1.807, 2.05) is 69.3 Å². The molecular weight excluding hydrogens is 408 g/mol. The summed E-state index contributed by atoms with van der Waals surface area (Å²) in [7, 11) is 0. The molecule has 0 bridgehead atoms. The molecule has 0 spiro atoms. The van der Waals surface area contributed by atoms with E-state index in [1.165, 1.54) is 9.70 Å². The molecule has 0 unspecified atom stereocenters. The molecule has 9 heteroatoms. The fraction of sp³-hybridized carbons (Fsp3) is 0.391. The van der Waals surface area contributed by atoms with Gasteiger partial charge >= 0.3 is 5.97 Å². The molecule has 2 N–H and O–H groups in total. The molecule has 0 aliphatic carbocycles. The highest BCUT2D eigenvalue weighted by Gasteiger charge is 2.32. The predicted octanol–water partition coefficient (Wildman–Crippen LogP) is 2.77. The lowest BCUT2D eigenvalue weighted by Crippen LogP contribution is -2.47. The smallest absolute Gasteiger partial charge is 0.326 e. The minimum Gasteiger partial charge on any atom is -0.480 e. The first-order valence-corrected chi connectivity index (χ1v) is 10.8. The zero-order valence-corrected chi connectivity index (χ0v) is 18.6. The first-order chi connectivity index (χ1) is 15.4. The summed E-state index contributed by atoms with van der Waals surface area (Å²) in [6, 6.07) is 14.6. The maximum absolute atomic E-state index is 12.9. The number of hydrogen-bond acceptors (Lipinski definition) is 5. The Hall–Kier alpha value is -3.62. The van der Waals surface area contributed by atoms with E-state index in [4.69, 9.17) is 0 Å². The van der Waals surface area contributed by atoms with Crippen LogP contribution in [0.1, 0.15) is 45.6 Å². The van der Waals surface area contributed by atoms with Crippen molar-refractivity contribution in [2.45, 2.75) is 52.6 Å². The lowest BCUT2D eigenvalue weighted by atomic mass is 9.99. The number of nitrogens with one attached hydrogen (secondary N) is 1. The van der Waals surface area contributed by atoms with Gasteiger partial charge in [-0.15, -0.1) is 0 Å². The Bertz CT molecular complexity index is 1030. The Morgan fingerprint density at radius 3 is 2.44 bits per heavy atom. The summed E-state index contributed by atoms with van der Waals surface area (Å²) in [5, 5.41) is 23.6. The second-order valence-electron chi connectivity index (χ2n) is 8.06. The maximum Gasteiger partial charge on any atom is 0.326 e.